The molecule has 1 aliphatic heterocycles. The Morgan fingerprint density at radius 2 is 1.86 bits per heavy atom. The number of benzene rings is 2. The lowest BCUT2D eigenvalue weighted by atomic mass is 10.0. The lowest BCUT2D eigenvalue weighted by Crippen LogP contribution is -2.18. The van der Waals surface area contributed by atoms with E-state index < -0.39 is 12.3 Å². The van der Waals surface area contributed by atoms with Crippen molar-refractivity contribution in [2.45, 2.75) is 6.10 Å². The van der Waals surface area contributed by atoms with Gasteiger partial charge >= 0.3 is 6.16 Å². The minimum atomic E-state index is -1.37. The van der Waals surface area contributed by atoms with E-state index >= 15 is 0 Å². The number of carbonyl (C=O) groups is 1. The largest absolute Gasteiger partial charge is 0.511 e. The first-order valence-corrected chi connectivity index (χ1v) is 6.69. The van der Waals surface area contributed by atoms with Crippen molar-refractivity contribution in [3.8, 4) is 11.5 Å². The van der Waals surface area contributed by atoms with Crippen molar-refractivity contribution in [2.24, 2.45) is 0 Å². The molecule has 1 aliphatic rings. The van der Waals surface area contributed by atoms with Crippen molar-refractivity contribution in [3.05, 3.63) is 65.4 Å². The van der Waals surface area contributed by atoms with E-state index in [1.807, 2.05) is 36.4 Å². The Balaban J connectivity index is 1.99. The quantitative estimate of drug-likeness (QED) is 0.871. The van der Waals surface area contributed by atoms with E-state index in [0.29, 0.717) is 11.5 Å². The number of methoxy groups -OCH3 is 1. The van der Waals surface area contributed by atoms with Gasteiger partial charge in [0, 0.05) is 11.1 Å². The van der Waals surface area contributed by atoms with E-state index in [9.17, 15) is 4.79 Å². The molecule has 1 unspecified atom stereocenters. The maximum absolute atomic E-state index is 10.9. The Morgan fingerprint density at radius 3 is 2.55 bits per heavy atom. The van der Waals surface area contributed by atoms with Gasteiger partial charge in [-0.2, -0.15) is 0 Å². The van der Waals surface area contributed by atoms with Crippen LogP contribution in [0.2, 0.25) is 0 Å². The second kappa shape index (κ2) is 5.81. The molecule has 3 rings (SSSR count). The first kappa shape index (κ1) is 14.0. The van der Waals surface area contributed by atoms with Crippen molar-refractivity contribution in [2.75, 3.05) is 7.11 Å². The molecule has 1 heterocycles. The first-order valence-electron chi connectivity index (χ1n) is 6.69. The Hall–Kier alpha value is -2.95. The fourth-order valence-electron chi connectivity index (χ4n) is 2.32. The molecular formula is C17H14O5. The normalized spacial score (nSPS) is 16.0. The lowest BCUT2D eigenvalue weighted by Gasteiger charge is -2.26. The SMILES string of the molecule is COc1ccc(C2Oc3ccccc3C=C2OC(=O)O)cc1. The summed E-state index contributed by atoms with van der Waals surface area (Å²) in [6, 6.07) is 14.6. The number of hydrogen-bond acceptors (Lipinski definition) is 4. The van der Waals surface area contributed by atoms with Gasteiger partial charge in [-0.05, 0) is 24.3 Å². The minimum Gasteiger partial charge on any atom is -0.497 e. The van der Waals surface area contributed by atoms with Crippen molar-refractivity contribution in [3.63, 3.8) is 0 Å². The molecule has 0 radical (unpaired) electrons. The van der Waals surface area contributed by atoms with Gasteiger partial charge in [0.05, 0.1) is 7.11 Å². The zero-order valence-electron chi connectivity index (χ0n) is 11.9. The molecule has 112 valence electrons. The summed E-state index contributed by atoms with van der Waals surface area (Å²) in [4.78, 5) is 10.9. The van der Waals surface area contributed by atoms with Crippen LogP contribution in [0.4, 0.5) is 4.79 Å². The highest BCUT2D eigenvalue weighted by molar-refractivity contribution is 5.67. The fourth-order valence-corrected chi connectivity index (χ4v) is 2.32. The third-order valence-electron chi connectivity index (χ3n) is 3.34. The summed E-state index contributed by atoms with van der Waals surface area (Å²) < 4.78 is 15.9. The van der Waals surface area contributed by atoms with Gasteiger partial charge in [0.2, 0.25) is 0 Å². The summed E-state index contributed by atoms with van der Waals surface area (Å²) in [7, 11) is 1.58. The molecule has 0 aromatic heterocycles. The number of fused-ring (bicyclic) bond motifs is 1. The van der Waals surface area contributed by atoms with Crippen LogP contribution < -0.4 is 9.47 Å². The van der Waals surface area contributed by atoms with Crippen molar-refractivity contribution in [1.29, 1.82) is 0 Å². The zero-order chi connectivity index (χ0) is 15.5. The molecule has 0 fully saturated rings. The maximum Gasteiger partial charge on any atom is 0.511 e. The number of carboxylic acid groups (broad SMARTS) is 1. The standard InChI is InChI=1S/C17H14O5/c1-20-13-8-6-11(7-9-13)16-15(22-17(18)19)10-12-4-2-3-5-14(12)21-16/h2-10,16H,1H3,(H,18,19). The molecule has 2 aromatic rings. The second-order valence-electron chi connectivity index (χ2n) is 4.72. The molecule has 1 atom stereocenters. The lowest BCUT2D eigenvalue weighted by molar-refractivity contribution is 0.0899. The highest BCUT2D eigenvalue weighted by Crippen LogP contribution is 2.38. The predicted octanol–water partition coefficient (Wildman–Crippen LogP) is 3.86. The summed E-state index contributed by atoms with van der Waals surface area (Å²) in [6.45, 7) is 0. The van der Waals surface area contributed by atoms with E-state index in [1.54, 1.807) is 25.3 Å². The van der Waals surface area contributed by atoms with Gasteiger partial charge in [-0.15, -0.1) is 0 Å². The number of para-hydroxylation sites is 1. The Morgan fingerprint density at radius 1 is 1.14 bits per heavy atom. The predicted molar refractivity (Wildman–Crippen MR) is 79.9 cm³/mol. The van der Waals surface area contributed by atoms with E-state index in [-0.39, 0.29) is 5.76 Å². The van der Waals surface area contributed by atoms with Crippen molar-refractivity contribution in [1.82, 2.24) is 0 Å². The summed E-state index contributed by atoms with van der Waals surface area (Å²) in [6.07, 6.45) is -0.299. The molecule has 0 amide bonds. The van der Waals surface area contributed by atoms with E-state index in [0.717, 1.165) is 11.1 Å². The summed E-state index contributed by atoms with van der Waals surface area (Å²) in [5, 5.41) is 8.92. The molecule has 22 heavy (non-hydrogen) atoms. The summed E-state index contributed by atoms with van der Waals surface area (Å²) >= 11 is 0. The van der Waals surface area contributed by atoms with Crippen LogP contribution in [0.5, 0.6) is 11.5 Å². The zero-order valence-corrected chi connectivity index (χ0v) is 11.9. The molecule has 0 bridgehead atoms. The monoisotopic (exact) mass is 298 g/mol. The molecule has 0 spiro atoms. The van der Waals surface area contributed by atoms with Crippen LogP contribution in [0, 0.1) is 0 Å². The second-order valence-corrected chi connectivity index (χ2v) is 4.72. The average molecular weight is 298 g/mol. The molecule has 5 nitrogen and oxygen atoms in total. The van der Waals surface area contributed by atoms with Gasteiger partial charge in [-0.3, -0.25) is 0 Å². The molecule has 0 aliphatic carbocycles. The van der Waals surface area contributed by atoms with E-state index in [2.05, 4.69) is 0 Å². The average Bonchev–Trinajstić information content (AvgIpc) is 2.54. The Bertz CT molecular complexity index is 718. The van der Waals surface area contributed by atoms with Gasteiger partial charge in [0.25, 0.3) is 0 Å². The smallest absolute Gasteiger partial charge is 0.497 e. The van der Waals surface area contributed by atoms with E-state index in [4.69, 9.17) is 19.3 Å². The van der Waals surface area contributed by atoms with Crippen LogP contribution in [0.25, 0.3) is 6.08 Å². The van der Waals surface area contributed by atoms with Crippen LogP contribution in [0.1, 0.15) is 17.2 Å². The third kappa shape index (κ3) is 2.74. The first-order chi connectivity index (χ1) is 10.7. The van der Waals surface area contributed by atoms with Crippen LogP contribution in [-0.2, 0) is 4.74 Å². The molecule has 1 N–H and O–H groups in total. The summed E-state index contributed by atoms with van der Waals surface area (Å²) in [5.41, 5.74) is 1.56. The topological polar surface area (TPSA) is 65.0 Å². The highest BCUT2D eigenvalue weighted by Gasteiger charge is 2.27. The maximum atomic E-state index is 10.9. The van der Waals surface area contributed by atoms with Crippen molar-refractivity contribution < 1.29 is 24.1 Å². The highest BCUT2D eigenvalue weighted by atomic mass is 16.7. The summed E-state index contributed by atoms with van der Waals surface area (Å²) in [5.74, 6) is 1.63. The van der Waals surface area contributed by atoms with Crippen molar-refractivity contribution >= 4 is 12.2 Å². The van der Waals surface area contributed by atoms with Gasteiger partial charge in [-0.25, -0.2) is 4.79 Å². The van der Waals surface area contributed by atoms with E-state index in [1.165, 1.54) is 0 Å². The van der Waals surface area contributed by atoms with Crippen LogP contribution in [0.15, 0.2) is 54.3 Å². The van der Waals surface area contributed by atoms with Gasteiger partial charge < -0.3 is 19.3 Å². The van der Waals surface area contributed by atoms with Crippen LogP contribution in [-0.4, -0.2) is 18.4 Å². The minimum absolute atomic E-state index is 0.233. The third-order valence-corrected chi connectivity index (χ3v) is 3.34. The molecule has 5 heteroatoms. The molecule has 0 saturated carbocycles. The molecule has 2 aromatic carbocycles. The number of rotatable bonds is 3. The Kier molecular flexibility index (Phi) is 3.70. The molecule has 0 saturated heterocycles. The van der Waals surface area contributed by atoms with Gasteiger partial charge in [0.1, 0.15) is 11.5 Å². The molecular weight excluding hydrogens is 284 g/mol. The van der Waals surface area contributed by atoms with Gasteiger partial charge in [-0.1, -0.05) is 30.3 Å². The Labute approximate surface area is 127 Å². The number of ether oxygens (including phenoxy) is 3. The van der Waals surface area contributed by atoms with Crippen LogP contribution in [0.3, 0.4) is 0 Å². The van der Waals surface area contributed by atoms with Gasteiger partial charge in [0.15, 0.2) is 11.9 Å². The number of hydrogen-bond donors (Lipinski definition) is 1. The van der Waals surface area contributed by atoms with Crippen LogP contribution >= 0.6 is 0 Å². The fraction of sp³-hybridized carbons (Fsp3) is 0.118.